The predicted molar refractivity (Wildman–Crippen MR) is 129 cm³/mol. The predicted octanol–water partition coefficient (Wildman–Crippen LogP) is 3.93. The summed E-state index contributed by atoms with van der Waals surface area (Å²) >= 11 is 0. The van der Waals surface area contributed by atoms with E-state index in [0.717, 1.165) is 53.3 Å². The molecule has 2 aliphatic rings. The van der Waals surface area contributed by atoms with Crippen LogP contribution in [0.4, 0.5) is 0 Å². The van der Waals surface area contributed by atoms with E-state index in [2.05, 4.69) is 72.8 Å². The van der Waals surface area contributed by atoms with Gasteiger partial charge in [0.15, 0.2) is 17.3 Å². The van der Waals surface area contributed by atoms with Crippen LogP contribution >= 0.6 is 0 Å². The molecule has 1 saturated carbocycles. The number of rotatable bonds is 8. The van der Waals surface area contributed by atoms with Gasteiger partial charge >= 0.3 is 0 Å². The molecule has 0 radical (unpaired) electrons. The molecule has 1 fully saturated rings. The minimum atomic E-state index is -0.296. The van der Waals surface area contributed by atoms with Crippen LogP contribution in [-0.2, 0) is 4.74 Å². The molecular weight excluding hydrogens is 430 g/mol. The van der Waals surface area contributed by atoms with Gasteiger partial charge in [-0.25, -0.2) is 0 Å². The third-order valence-electron chi connectivity index (χ3n) is 7.60. The number of para-hydroxylation sites is 2. The van der Waals surface area contributed by atoms with Crippen molar-refractivity contribution in [3.05, 3.63) is 58.9 Å². The topological polar surface area (TPSA) is 83.3 Å². The van der Waals surface area contributed by atoms with Gasteiger partial charge in [0.1, 0.15) is 13.2 Å². The average molecular weight is 464 g/mol. The lowest BCUT2D eigenvalue weighted by Gasteiger charge is -2.35. The summed E-state index contributed by atoms with van der Waals surface area (Å²) in [6.07, 6.45) is 2.23. The number of aromatic nitrogens is 4. The Bertz CT molecular complexity index is 1160. The molecule has 34 heavy (non-hydrogen) atoms. The fourth-order valence-corrected chi connectivity index (χ4v) is 4.99. The number of nitrogens with zero attached hydrogens (tertiary/aromatic N) is 4. The molecule has 1 N–H and O–H groups in total. The zero-order valence-corrected chi connectivity index (χ0v) is 20.6. The first-order chi connectivity index (χ1) is 16.4. The van der Waals surface area contributed by atoms with E-state index in [1.165, 1.54) is 0 Å². The highest BCUT2D eigenvalue weighted by Gasteiger charge is 2.55. The minimum absolute atomic E-state index is 0.0586. The van der Waals surface area contributed by atoms with E-state index in [1.54, 1.807) is 7.11 Å². The third-order valence-corrected chi connectivity index (χ3v) is 7.60. The minimum Gasteiger partial charge on any atom is -0.486 e. The van der Waals surface area contributed by atoms with Gasteiger partial charge in [0.25, 0.3) is 0 Å². The molecule has 180 valence electrons. The van der Waals surface area contributed by atoms with E-state index in [-0.39, 0.29) is 17.1 Å². The first kappa shape index (κ1) is 22.8. The van der Waals surface area contributed by atoms with Gasteiger partial charge in [-0.3, -0.25) is 0 Å². The van der Waals surface area contributed by atoms with Crippen LogP contribution in [0, 0.1) is 19.3 Å². The van der Waals surface area contributed by atoms with Gasteiger partial charge < -0.3 is 19.5 Å². The van der Waals surface area contributed by atoms with Gasteiger partial charge in [0.05, 0.1) is 17.3 Å². The maximum absolute atomic E-state index is 6.10. The normalized spacial score (nSPS) is 17.4. The average Bonchev–Trinajstić information content (AvgIpc) is 3.50. The summed E-state index contributed by atoms with van der Waals surface area (Å²) in [5.41, 5.74) is 4.00. The summed E-state index contributed by atoms with van der Waals surface area (Å²) in [7, 11) is 1.79. The second-order valence-corrected chi connectivity index (χ2v) is 9.87. The smallest absolute Gasteiger partial charge is 0.178 e. The molecule has 0 saturated heterocycles. The monoisotopic (exact) mass is 463 g/mol. The van der Waals surface area contributed by atoms with Crippen LogP contribution in [0.15, 0.2) is 36.4 Å². The Kier molecular flexibility index (Phi) is 5.81. The number of benzene rings is 2. The highest BCUT2D eigenvalue weighted by atomic mass is 16.6. The standard InChI is InChI=1S/C26H33N5O3/c1-17-8-6-9-18(2)22(17)31-24(28-29-30-31)21(27-16-26(12-13-26)25(3,4)32-5)19-10-7-11-20-23(19)34-15-14-33-20/h6-11,21,27H,12-16H2,1-5H3. The molecule has 1 aliphatic carbocycles. The van der Waals surface area contributed by atoms with Crippen LogP contribution in [0.1, 0.15) is 55.2 Å². The van der Waals surface area contributed by atoms with Gasteiger partial charge in [-0.15, -0.1) is 5.10 Å². The molecule has 0 bridgehead atoms. The Morgan fingerprint density at radius 1 is 1.09 bits per heavy atom. The fraction of sp³-hybridized carbons (Fsp3) is 0.500. The van der Waals surface area contributed by atoms with Crippen molar-refractivity contribution < 1.29 is 14.2 Å². The van der Waals surface area contributed by atoms with Crippen LogP contribution < -0.4 is 14.8 Å². The van der Waals surface area contributed by atoms with E-state index in [9.17, 15) is 0 Å². The number of methoxy groups -OCH3 is 1. The largest absolute Gasteiger partial charge is 0.486 e. The van der Waals surface area contributed by atoms with Crippen molar-refractivity contribution in [3.63, 3.8) is 0 Å². The lowest BCUT2D eigenvalue weighted by molar-refractivity contribution is -0.0406. The molecule has 1 unspecified atom stereocenters. The van der Waals surface area contributed by atoms with Crippen LogP contribution in [0.2, 0.25) is 0 Å². The maximum Gasteiger partial charge on any atom is 0.178 e. The fourth-order valence-electron chi connectivity index (χ4n) is 4.99. The molecule has 1 aliphatic heterocycles. The van der Waals surface area contributed by atoms with E-state index >= 15 is 0 Å². The Hall–Kier alpha value is -2.97. The molecule has 0 amide bonds. The summed E-state index contributed by atoms with van der Waals surface area (Å²) < 4.78 is 19.7. The van der Waals surface area contributed by atoms with E-state index in [0.29, 0.717) is 19.0 Å². The second-order valence-electron chi connectivity index (χ2n) is 9.87. The van der Waals surface area contributed by atoms with Crippen molar-refractivity contribution in [2.24, 2.45) is 5.41 Å². The lowest BCUT2D eigenvalue weighted by Crippen LogP contribution is -2.43. The summed E-state index contributed by atoms with van der Waals surface area (Å²) in [4.78, 5) is 0. The van der Waals surface area contributed by atoms with E-state index < -0.39 is 0 Å². The van der Waals surface area contributed by atoms with Crippen molar-refractivity contribution in [2.75, 3.05) is 26.9 Å². The number of aryl methyl sites for hydroxylation is 2. The summed E-state index contributed by atoms with van der Waals surface area (Å²) in [6, 6.07) is 11.9. The molecule has 2 heterocycles. The Morgan fingerprint density at radius 3 is 2.50 bits per heavy atom. The second kappa shape index (κ2) is 8.67. The number of hydrogen-bond donors (Lipinski definition) is 1. The number of fused-ring (bicyclic) bond motifs is 1. The first-order valence-corrected chi connectivity index (χ1v) is 11.9. The van der Waals surface area contributed by atoms with Crippen LogP contribution in [0.25, 0.3) is 5.69 Å². The quantitative estimate of drug-likeness (QED) is 0.542. The summed E-state index contributed by atoms with van der Waals surface area (Å²) in [5.74, 6) is 2.21. The van der Waals surface area contributed by atoms with Crippen LogP contribution in [0.5, 0.6) is 11.5 Å². The van der Waals surface area contributed by atoms with Gasteiger partial charge in [-0.05, 0) is 68.2 Å². The van der Waals surface area contributed by atoms with Crippen molar-refractivity contribution in [1.82, 2.24) is 25.5 Å². The van der Waals surface area contributed by atoms with Crippen molar-refractivity contribution in [2.45, 2.75) is 52.2 Å². The maximum atomic E-state index is 6.10. The van der Waals surface area contributed by atoms with Gasteiger partial charge in [-0.2, -0.15) is 4.68 Å². The zero-order valence-electron chi connectivity index (χ0n) is 20.6. The molecule has 1 atom stereocenters. The molecule has 8 nitrogen and oxygen atoms in total. The van der Waals surface area contributed by atoms with Crippen LogP contribution in [0.3, 0.4) is 0 Å². The highest BCUT2D eigenvalue weighted by Crippen LogP contribution is 2.55. The third kappa shape index (κ3) is 3.84. The van der Waals surface area contributed by atoms with E-state index in [1.807, 2.05) is 16.8 Å². The van der Waals surface area contributed by atoms with Crippen molar-refractivity contribution >= 4 is 0 Å². The molecule has 5 rings (SSSR count). The van der Waals surface area contributed by atoms with Crippen molar-refractivity contribution in [1.29, 1.82) is 0 Å². The Morgan fingerprint density at radius 2 is 1.79 bits per heavy atom. The molecule has 1 aromatic heterocycles. The van der Waals surface area contributed by atoms with Crippen LogP contribution in [-0.4, -0.2) is 52.7 Å². The molecular formula is C26H33N5O3. The van der Waals surface area contributed by atoms with Gasteiger partial charge in [0.2, 0.25) is 0 Å². The SMILES string of the molecule is COC(C)(C)C1(CNC(c2cccc3c2OCCO3)c2nnnn2-c2c(C)cccc2C)CC1. The Balaban J connectivity index is 1.59. The van der Waals surface area contributed by atoms with Crippen molar-refractivity contribution in [3.8, 4) is 17.2 Å². The highest BCUT2D eigenvalue weighted by molar-refractivity contribution is 5.52. The summed E-state index contributed by atoms with van der Waals surface area (Å²) in [5, 5.41) is 16.8. The molecule has 2 aromatic carbocycles. The van der Waals surface area contributed by atoms with Gasteiger partial charge in [-0.1, -0.05) is 30.3 Å². The number of tetrazole rings is 1. The number of nitrogens with one attached hydrogen (secondary N) is 1. The number of ether oxygens (including phenoxy) is 3. The van der Waals surface area contributed by atoms with E-state index in [4.69, 9.17) is 14.2 Å². The zero-order chi connectivity index (χ0) is 23.9. The Labute approximate surface area is 200 Å². The molecule has 3 aromatic rings. The lowest BCUT2D eigenvalue weighted by atomic mass is 9.86. The molecule has 8 heteroatoms. The van der Waals surface area contributed by atoms with Gasteiger partial charge in [0, 0.05) is 24.6 Å². The number of hydrogen-bond acceptors (Lipinski definition) is 7. The first-order valence-electron chi connectivity index (χ1n) is 11.9. The summed E-state index contributed by atoms with van der Waals surface area (Å²) in [6.45, 7) is 10.3. The molecule has 0 spiro atoms.